The van der Waals surface area contributed by atoms with Gasteiger partial charge in [-0.15, -0.1) is 0 Å². The Kier molecular flexibility index (Phi) is 5.30. The SMILES string of the molecule is O=C(Cc1ccc(F)cc1)Nc1nc2c(ncn2[C@@H]2O[C@H](CO)[C@@H](O)[C@H]2O)c(=O)[nH]1. The summed E-state index contributed by atoms with van der Waals surface area (Å²) in [6.07, 6.45) is -3.75. The van der Waals surface area contributed by atoms with E-state index >= 15 is 0 Å². The molecular weight excluding hydrogens is 401 g/mol. The molecule has 4 atom stereocenters. The van der Waals surface area contributed by atoms with Crippen molar-refractivity contribution >= 4 is 23.0 Å². The van der Waals surface area contributed by atoms with Crippen LogP contribution in [0.2, 0.25) is 0 Å². The summed E-state index contributed by atoms with van der Waals surface area (Å²) in [6, 6.07) is 5.39. The second-order valence-electron chi connectivity index (χ2n) is 6.82. The molecular formula is C18H18FN5O6. The number of nitrogens with zero attached hydrogens (tertiary/aromatic N) is 3. The fraction of sp³-hybridized carbons (Fsp3) is 0.333. The monoisotopic (exact) mass is 419 g/mol. The second-order valence-corrected chi connectivity index (χ2v) is 6.82. The van der Waals surface area contributed by atoms with Gasteiger partial charge in [0.05, 0.1) is 19.4 Å². The van der Waals surface area contributed by atoms with Crippen molar-refractivity contribution in [3.63, 3.8) is 0 Å². The number of anilines is 1. The minimum Gasteiger partial charge on any atom is -0.394 e. The maximum absolute atomic E-state index is 13.0. The molecule has 1 aliphatic heterocycles. The Morgan fingerprint density at radius 1 is 1.27 bits per heavy atom. The highest BCUT2D eigenvalue weighted by molar-refractivity contribution is 5.91. The van der Waals surface area contributed by atoms with Gasteiger partial charge in [0.15, 0.2) is 17.4 Å². The Bertz CT molecular complexity index is 1130. The van der Waals surface area contributed by atoms with E-state index in [9.17, 15) is 29.3 Å². The first-order valence-corrected chi connectivity index (χ1v) is 9.01. The molecule has 1 amide bonds. The maximum atomic E-state index is 13.0. The Labute approximate surface area is 167 Å². The summed E-state index contributed by atoms with van der Waals surface area (Å²) in [5, 5.41) is 31.9. The summed E-state index contributed by atoms with van der Waals surface area (Å²) >= 11 is 0. The molecule has 11 nitrogen and oxygen atoms in total. The number of benzene rings is 1. The molecule has 0 aliphatic carbocycles. The number of imidazole rings is 1. The highest BCUT2D eigenvalue weighted by atomic mass is 19.1. The van der Waals surface area contributed by atoms with Gasteiger partial charge in [-0.2, -0.15) is 4.98 Å². The summed E-state index contributed by atoms with van der Waals surface area (Å²) in [7, 11) is 0. The maximum Gasteiger partial charge on any atom is 0.280 e. The normalized spacial score (nSPS) is 23.7. The molecule has 2 aromatic heterocycles. The van der Waals surface area contributed by atoms with Gasteiger partial charge in [0.1, 0.15) is 24.1 Å². The number of fused-ring (bicyclic) bond motifs is 1. The Morgan fingerprint density at radius 3 is 2.67 bits per heavy atom. The molecule has 3 aromatic rings. The summed E-state index contributed by atoms with van der Waals surface area (Å²) in [5.41, 5.74) is -0.133. The van der Waals surface area contributed by atoms with Crippen molar-refractivity contribution in [1.82, 2.24) is 19.5 Å². The number of carbonyl (C=O) groups is 1. The number of aromatic nitrogens is 4. The first-order chi connectivity index (χ1) is 14.4. The van der Waals surface area contributed by atoms with E-state index < -0.39 is 48.4 Å². The van der Waals surface area contributed by atoms with Crippen LogP contribution in [0.4, 0.5) is 10.3 Å². The molecule has 0 spiro atoms. The van der Waals surface area contributed by atoms with Gasteiger partial charge in [0.2, 0.25) is 11.9 Å². The zero-order valence-electron chi connectivity index (χ0n) is 15.4. The number of aliphatic hydroxyl groups is 3. The van der Waals surface area contributed by atoms with Crippen molar-refractivity contribution in [1.29, 1.82) is 0 Å². The van der Waals surface area contributed by atoms with E-state index in [1.54, 1.807) is 0 Å². The lowest BCUT2D eigenvalue weighted by Gasteiger charge is -2.16. The highest BCUT2D eigenvalue weighted by Crippen LogP contribution is 2.30. The average Bonchev–Trinajstić information content (AvgIpc) is 3.25. The number of nitrogens with one attached hydrogen (secondary N) is 2. The molecule has 0 radical (unpaired) electrons. The number of hydrogen-bond acceptors (Lipinski definition) is 8. The minimum absolute atomic E-state index is 0.00525. The van der Waals surface area contributed by atoms with Crippen LogP contribution in [-0.4, -0.2) is 65.7 Å². The van der Waals surface area contributed by atoms with E-state index in [2.05, 4.69) is 20.3 Å². The van der Waals surface area contributed by atoms with Gasteiger partial charge >= 0.3 is 0 Å². The van der Waals surface area contributed by atoms with Crippen LogP contribution < -0.4 is 10.9 Å². The van der Waals surface area contributed by atoms with Gasteiger partial charge < -0.3 is 20.1 Å². The van der Waals surface area contributed by atoms with E-state index in [-0.39, 0.29) is 23.5 Å². The average molecular weight is 419 g/mol. The van der Waals surface area contributed by atoms with E-state index in [4.69, 9.17) is 4.74 Å². The quantitative estimate of drug-likeness (QED) is 0.354. The van der Waals surface area contributed by atoms with Gasteiger partial charge in [-0.3, -0.25) is 24.5 Å². The van der Waals surface area contributed by atoms with Crippen LogP contribution in [0.1, 0.15) is 11.8 Å². The Morgan fingerprint density at radius 2 is 2.00 bits per heavy atom. The van der Waals surface area contributed by atoms with Crippen LogP contribution in [0.25, 0.3) is 11.2 Å². The van der Waals surface area contributed by atoms with Crippen molar-refractivity contribution in [3.05, 3.63) is 52.3 Å². The van der Waals surface area contributed by atoms with Crippen LogP contribution >= 0.6 is 0 Å². The summed E-state index contributed by atoms with van der Waals surface area (Å²) in [4.78, 5) is 35.1. The minimum atomic E-state index is -1.39. The molecule has 1 aromatic carbocycles. The Balaban J connectivity index is 1.60. The van der Waals surface area contributed by atoms with Gasteiger partial charge in [0, 0.05) is 0 Å². The molecule has 0 saturated carbocycles. The number of H-pyrrole nitrogens is 1. The molecule has 1 aliphatic rings. The van der Waals surface area contributed by atoms with Crippen LogP contribution in [0.3, 0.4) is 0 Å². The number of aromatic amines is 1. The molecule has 3 heterocycles. The predicted octanol–water partition coefficient (Wildman–Crippen LogP) is -0.949. The summed E-state index contributed by atoms with van der Waals surface area (Å²) < 4.78 is 19.7. The number of aliphatic hydroxyl groups excluding tert-OH is 3. The Hall–Kier alpha value is -3.19. The van der Waals surface area contributed by atoms with Crippen LogP contribution in [0, 0.1) is 5.82 Å². The smallest absolute Gasteiger partial charge is 0.280 e. The third-order valence-electron chi connectivity index (χ3n) is 4.76. The van der Waals surface area contributed by atoms with Crippen molar-refractivity contribution in [3.8, 4) is 0 Å². The van der Waals surface area contributed by atoms with Crippen molar-refractivity contribution in [2.75, 3.05) is 11.9 Å². The zero-order chi connectivity index (χ0) is 21.4. The van der Waals surface area contributed by atoms with Gasteiger partial charge in [-0.05, 0) is 17.7 Å². The number of rotatable bonds is 5. The molecule has 30 heavy (non-hydrogen) atoms. The number of halogens is 1. The number of amides is 1. The van der Waals surface area contributed by atoms with Crippen molar-refractivity contribution in [2.45, 2.75) is 31.0 Å². The van der Waals surface area contributed by atoms with Crippen LogP contribution in [0.15, 0.2) is 35.4 Å². The molecule has 4 rings (SSSR count). The van der Waals surface area contributed by atoms with E-state index in [0.717, 1.165) is 0 Å². The van der Waals surface area contributed by atoms with Crippen LogP contribution in [0.5, 0.6) is 0 Å². The molecule has 0 unspecified atom stereocenters. The lowest BCUT2D eigenvalue weighted by molar-refractivity contribution is -0.115. The number of ether oxygens (including phenoxy) is 1. The number of hydrogen-bond donors (Lipinski definition) is 5. The standard InChI is InChI=1S/C18H18FN5O6/c19-9-3-1-8(2-4-9)5-11(26)21-18-22-15-12(16(29)23-18)20-7-24(15)17-14(28)13(27)10(6-25)30-17/h1-4,7,10,13-14,17,25,27-28H,5-6H2,(H2,21,22,23,26,29)/t10-,13-,14-,17-/m1/s1. The van der Waals surface area contributed by atoms with Gasteiger partial charge in [-0.1, -0.05) is 12.1 Å². The fourth-order valence-electron chi connectivity index (χ4n) is 3.25. The first-order valence-electron chi connectivity index (χ1n) is 9.01. The first kappa shape index (κ1) is 20.1. The van der Waals surface area contributed by atoms with Gasteiger partial charge in [0.25, 0.3) is 5.56 Å². The topological polar surface area (TPSA) is 163 Å². The van der Waals surface area contributed by atoms with Crippen molar-refractivity contribution in [2.24, 2.45) is 0 Å². The van der Waals surface area contributed by atoms with E-state index in [1.165, 1.54) is 35.2 Å². The lowest BCUT2D eigenvalue weighted by Crippen LogP contribution is -2.33. The number of carbonyl (C=O) groups excluding carboxylic acids is 1. The van der Waals surface area contributed by atoms with Crippen LogP contribution in [-0.2, 0) is 16.0 Å². The fourth-order valence-corrected chi connectivity index (χ4v) is 3.25. The molecule has 5 N–H and O–H groups in total. The van der Waals surface area contributed by atoms with E-state index in [0.29, 0.717) is 5.56 Å². The molecule has 12 heteroatoms. The molecule has 0 bridgehead atoms. The lowest BCUT2D eigenvalue weighted by atomic mass is 10.1. The third-order valence-corrected chi connectivity index (χ3v) is 4.76. The zero-order valence-corrected chi connectivity index (χ0v) is 15.4. The highest BCUT2D eigenvalue weighted by Gasteiger charge is 2.44. The third kappa shape index (κ3) is 3.68. The van der Waals surface area contributed by atoms with Gasteiger partial charge in [-0.25, -0.2) is 9.37 Å². The summed E-state index contributed by atoms with van der Waals surface area (Å²) in [5.74, 6) is -1.08. The largest absolute Gasteiger partial charge is 0.394 e. The second kappa shape index (κ2) is 7.91. The van der Waals surface area contributed by atoms with Crippen molar-refractivity contribution < 1.29 is 29.2 Å². The van der Waals surface area contributed by atoms with E-state index in [1.807, 2.05) is 0 Å². The predicted molar refractivity (Wildman–Crippen MR) is 99.9 cm³/mol. The summed E-state index contributed by atoms with van der Waals surface area (Å²) in [6.45, 7) is -0.514. The molecule has 1 saturated heterocycles. The molecule has 1 fully saturated rings. The molecule has 158 valence electrons.